The average molecular weight is 344 g/mol. The Kier molecular flexibility index (Phi) is 4.08. The number of halogens is 1. The Morgan fingerprint density at radius 1 is 1.29 bits per heavy atom. The van der Waals surface area contributed by atoms with Gasteiger partial charge in [-0.3, -0.25) is 4.98 Å². The highest BCUT2D eigenvalue weighted by molar-refractivity contribution is 9.10. The summed E-state index contributed by atoms with van der Waals surface area (Å²) >= 11 is 3.47. The lowest BCUT2D eigenvalue weighted by atomic mass is 10.0. The lowest BCUT2D eigenvalue weighted by Crippen LogP contribution is -2.17. The Labute approximate surface area is 132 Å². The lowest BCUT2D eigenvalue weighted by Gasteiger charge is -2.09. The Bertz CT molecular complexity index is 762. The molecular formula is C17H18BrN3. The number of nitrogens with two attached hydrogens (primary N) is 1. The summed E-state index contributed by atoms with van der Waals surface area (Å²) in [6.07, 6.45) is 6.75. The minimum atomic E-state index is 0.174. The van der Waals surface area contributed by atoms with Gasteiger partial charge in [0, 0.05) is 46.6 Å². The quantitative estimate of drug-likeness (QED) is 0.784. The van der Waals surface area contributed by atoms with E-state index >= 15 is 0 Å². The van der Waals surface area contributed by atoms with Crippen LogP contribution in [0.1, 0.15) is 18.1 Å². The van der Waals surface area contributed by atoms with Crippen molar-refractivity contribution in [3.63, 3.8) is 0 Å². The molecule has 3 rings (SSSR count). The zero-order valence-electron chi connectivity index (χ0n) is 12.0. The summed E-state index contributed by atoms with van der Waals surface area (Å²) in [6, 6.07) is 10.9. The van der Waals surface area contributed by atoms with E-state index in [0.717, 1.165) is 17.4 Å². The molecule has 0 radical (unpaired) electrons. The van der Waals surface area contributed by atoms with Gasteiger partial charge in [0.05, 0.1) is 0 Å². The van der Waals surface area contributed by atoms with Gasteiger partial charge in [-0.2, -0.15) is 0 Å². The van der Waals surface area contributed by atoms with Gasteiger partial charge in [0.15, 0.2) is 0 Å². The van der Waals surface area contributed by atoms with Gasteiger partial charge in [-0.25, -0.2) is 0 Å². The summed E-state index contributed by atoms with van der Waals surface area (Å²) in [6.45, 7) is 2.86. The van der Waals surface area contributed by atoms with Crippen molar-refractivity contribution < 1.29 is 0 Å². The van der Waals surface area contributed by atoms with E-state index in [2.05, 4.69) is 62.0 Å². The molecule has 21 heavy (non-hydrogen) atoms. The number of benzene rings is 1. The molecule has 1 aromatic carbocycles. The molecule has 3 nitrogen and oxygen atoms in total. The third-order valence-electron chi connectivity index (χ3n) is 3.56. The van der Waals surface area contributed by atoms with Crippen LogP contribution >= 0.6 is 15.9 Å². The molecule has 3 aromatic rings. The standard InChI is InChI=1S/C17H18BrN3/c1-12(19)7-14-3-2-4-17-16(14)5-6-21(17)11-13-8-15(18)10-20-9-13/h2-6,8-10,12H,7,11,19H2,1H3. The minimum absolute atomic E-state index is 0.174. The van der Waals surface area contributed by atoms with Crippen LogP contribution < -0.4 is 5.73 Å². The highest BCUT2D eigenvalue weighted by atomic mass is 79.9. The van der Waals surface area contributed by atoms with Crippen molar-refractivity contribution in [3.05, 3.63) is 64.5 Å². The van der Waals surface area contributed by atoms with E-state index in [1.165, 1.54) is 22.0 Å². The zero-order chi connectivity index (χ0) is 14.8. The molecule has 0 amide bonds. The zero-order valence-corrected chi connectivity index (χ0v) is 13.5. The molecule has 0 spiro atoms. The molecule has 2 heterocycles. The maximum absolute atomic E-state index is 5.94. The molecule has 2 N–H and O–H groups in total. The van der Waals surface area contributed by atoms with Crippen molar-refractivity contribution in [2.75, 3.05) is 0 Å². The molecule has 108 valence electrons. The van der Waals surface area contributed by atoms with Crippen LogP contribution in [0.4, 0.5) is 0 Å². The summed E-state index contributed by atoms with van der Waals surface area (Å²) in [7, 11) is 0. The van der Waals surface area contributed by atoms with E-state index in [-0.39, 0.29) is 6.04 Å². The molecule has 0 saturated heterocycles. The molecule has 2 aromatic heterocycles. The molecule has 0 saturated carbocycles. The number of rotatable bonds is 4. The summed E-state index contributed by atoms with van der Waals surface area (Å²) < 4.78 is 3.26. The van der Waals surface area contributed by atoms with Gasteiger partial charge in [0.2, 0.25) is 0 Å². The number of fused-ring (bicyclic) bond motifs is 1. The van der Waals surface area contributed by atoms with E-state index in [9.17, 15) is 0 Å². The molecule has 0 aliphatic carbocycles. The van der Waals surface area contributed by atoms with Gasteiger partial charge in [0.1, 0.15) is 0 Å². The third kappa shape index (κ3) is 3.17. The van der Waals surface area contributed by atoms with Gasteiger partial charge in [0.25, 0.3) is 0 Å². The van der Waals surface area contributed by atoms with E-state index < -0.39 is 0 Å². The molecular weight excluding hydrogens is 326 g/mol. The largest absolute Gasteiger partial charge is 0.343 e. The first-order chi connectivity index (χ1) is 10.1. The first-order valence-corrected chi connectivity index (χ1v) is 7.84. The lowest BCUT2D eigenvalue weighted by molar-refractivity contribution is 0.741. The summed E-state index contributed by atoms with van der Waals surface area (Å²) in [4.78, 5) is 4.23. The number of hydrogen-bond acceptors (Lipinski definition) is 2. The third-order valence-corrected chi connectivity index (χ3v) is 3.99. The number of aromatic nitrogens is 2. The van der Waals surface area contributed by atoms with E-state index in [0.29, 0.717) is 0 Å². The Hall–Kier alpha value is -1.65. The molecule has 0 aliphatic heterocycles. The second kappa shape index (κ2) is 6.00. The fourth-order valence-electron chi connectivity index (χ4n) is 2.69. The van der Waals surface area contributed by atoms with Crippen LogP contribution in [0, 0.1) is 0 Å². The average Bonchev–Trinajstić information content (AvgIpc) is 2.83. The normalized spacial score (nSPS) is 12.7. The van der Waals surface area contributed by atoms with E-state index in [1.807, 2.05) is 13.1 Å². The fraction of sp³-hybridized carbons (Fsp3) is 0.235. The predicted octanol–water partition coefficient (Wildman–Crippen LogP) is 3.74. The molecule has 0 bridgehead atoms. The first kappa shape index (κ1) is 14.3. The molecule has 0 aliphatic rings. The van der Waals surface area contributed by atoms with Crippen molar-refractivity contribution in [3.8, 4) is 0 Å². The highest BCUT2D eigenvalue weighted by Crippen LogP contribution is 2.22. The Balaban J connectivity index is 1.97. The second-order valence-electron chi connectivity index (χ2n) is 5.49. The van der Waals surface area contributed by atoms with Crippen LogP contribution in [-0.4, -0.2) is 15.6 Å². The molecule has 1 unspecified atom stereocenters. The van der Waals surface area contributed by atoms with Crippen molar-refractivity contribution in [1.29, 1.82) is 0 Å². The van der Waals surface area contributed by atoms with Crippen LogP contribution in [0.2, 0.25) is 0 Å². The van der Waals surface area contributed by atoms with Crippen molar-refractivity contribution in [2.24, 2.45) is 5.73 Å². The van der Waals surface area contributed by atoms with E-state index in [4.69, 9.17) is 5.73 Å². The number of nitrogens with zero attached hydrogens (tertiary/aromatic N) is 2. The van der Waals surface area contributed by atoms with Gasteiger partial charge >= 0.3 is 0 Å². The number of pyridine rings is 1. The van der Waals surface area contributed by atoms with Crippen LogP contribution in [0.3, 0.4) is 0 Å². The SMILES string of the molecule is CC(N)Cc1cccc2c1ccn2Cc1cncc(Br)c1. The molecule has 1 atom stereocenters. The van der Waals surface area contributed by atoms with Crippen molar-refractivity contribution in [1.82, 2.24) is 9.55 Å². The van der Waals surface area contributed by atoms with E-state index in [1.54, 1.807) is 6.20 Å². The van der Waals surface area contributed by atoms with Crippen LogP contribution in [0.25, 0.3) is 10.9 Å². The number of hydrogen-bond donors (Lipinski definition) is 1. The van der Waals surface area contributed by atoms with Gasteiger partial charge in [-0.1, -0.05) is 12.1 Å². The molecule has 0 fully saturated rings. The topological polar surface area (TPSA) is 43.8 Å². The smallest absolute Gasteiger partial charge is 0.0491 e. The molecule has 4 heteroatoms. The Morgan fingerprint density at radius 2 is 2.14 bits per heavy atom. The monoisotopic (exact) mass is 343 g/mol. The maximum Gasteiger partial charge on any atom is 0.0491 e. The fourth-order valence-corrected chi connectivity index (χ4v) is 3.10. The van der Waals surface area contributed by atoms with Crippen molar-refractivity contribution >= 4 is 26.8 Å². The maximum atomic E-state index is 5.94. The van der Waals surface area contributed by atoms with Gasteiger partial charge < -0.3 is 10.3 Å². The predicted molar refractivity (Wildman–Crippen MR) is 90.3 cm³/mol. The minimum Gasteiger partial charge on any atom is -0.343 e. The van der Waals surface area contributed by atoms with Gasteiger partial charge in [-0.05, 0) is 58.6 Å². The van der Waals surface area contributed by atoms with Crippen LogP contribution in [0.15, 0.2) is 53.4 Å². The van der Waals surface area contributed by atoms with Crippen LogP contribution in [0.5, 0.6) is 0 Å². The first-order valence-electron chi connectivity index (χ1n) is 7.05. The van der Waals surface area contributed by atoms with Gasteiger partial charge in [-0.15, -0.1) is 0 Å². The Morgan fingerprint density at radius 3 is 2.90 bits per heavy atom. The second-order valence-corrected chi connectivity index (χ2v) is 6.40. The van der Waals surface area contributed by atoms with Crippen LogP contribution in [-0.2, 0) is 13.0 Å². The van der Waals surface area contributed by atoms with Crippen molar-refractivity contribution in [2.45, 2.75) is 25.9 Å². The summed E-state index contributed by atoms with van der Waals surface area (Å²) in [5.41, 5.74) is 9.68. The summed E-state index contributed by atoms with van der Waals surface area (Å²) in [5, 5.41) is 1.29. The highest BCUT2D eigenvalue weighted by Gasteiger charge is 2.07. The summed E-state index contributed by atoms with van der Waals surface area (Å²) in [5.74, 6) is 0.